The molecule has 5 nitrogen and oxygen atoms in total. The zero-order valence-corrected chi connectivity index (χ0v) is 9.78. The van der Waals surface area contributed by atoms with Gasteiger partial charge in [-0.25, -0.2) is 9.78 Å². The zero-order chi connectivity index (χ0) is 12.5. The third-order valence-electron chi connectivity index (χ3n) is 3.27. The van der Waals surface area contributed by atoms with Crippen LogP contribution in [0.5, 0.6) is 0 Å². The fourth-order valence-electron chi connectivity index (χ4n) is 2.38. The SMILES string of the molecule is O=C(O)C1CCCN1c1cnc2ccccc2n1. The number of fused-ring (bicyclic) bond motifs is 1. The molecule has 1 fully saturated rings. The van der Waals surface area contributed by atoms with E-state index in [1.165, 1.54) is 0 Å². The van der Waals surface area contributed by atoms with Crippen molar-refractivity contribution in [1.82, 2.24) is 9.97 Å². The molecular weight excluding hydrogens is 230 g/mol. The number of aliphatic carboxylic acids is 1. The second kappa shape index (κ2) is 4.25. The van der Waals surface area contributed by atoms with E-state index in [1.54, 1.807) is 6.20 Å². The van der Waals surface area contributed by atoms with Crippen LogP contribution in [-0.4, -0.2) is 33.6 Å². The minimum absolute atomic E-state index is 0.472. The number of rotatable bonds is 2. The lowest BCUT2D eigenvalue weighted by Gasteiger charge is -2.22. The molecular formula is C13H13N3O2. The first-order valence-electron chi connectivity index (χ1n) is 5.97. The lowest BCUT2D eigenvalue weighted by molar-refractivity contribution is -0.138. The Bertz CT molecular complexity index is 600. The predicted octanol–water partition coefficient (Wildman–Crippen LogP) is 1.68. The van der Waals surface area contributed by atoms with Crippen LogP contribution >= 0.6 is 0 Å². The van der Waals surface area contributed by atoms with Crippen molar-refractivity contribution in [3.63, 3.8) is 0 Å². The third-order valence-corrected chi connectivity index (χ3v) is 3.27. The Morgan fingerprint density at radius 3 is 2.89 bits per heavy atom. The Labute approximate surface area is 104 Å². The predicted molar refractivity (Wildman–Crippen MR) is 67.5 cm³/mol. The van der Waals surface area contributed by atoms with Crippen molar-refractivity contribution in [2.24, 2.45) is 0 Å². The first-order valence-corrected chi connectivity index (χ1v) is 5.97. The summed E-state index contributed by atoms with van der Waals surface area (Å²) in [5, 5.41) is 9.17. The van der Waals surface area contributed by atoms with Gasteiger partial charge in [0.1, 0.15) is 11.9 Å². The first-order chi connectivity index (χ1) is 8.75. The van der Waals surface area contributed by atoms with Gasteiger partial charge < -0.3 is 10.0 Å². The maximum absolute atomic E-state index is 11.2. The summed E-state index contributed by atoms with van der Waals surface area (Å²) in [7, 11) is 0. The second-order valence-electron chi connectivity index (χ2n) is 4.41. The van der Waals surface area contributed by atoms with Gasteiger partial charge in [-0.3, -0.25) is 4.98 Å². The minimum Gasteiger partial charge on any atom is -0.480 e. The van der Waals surface area contributed by atoms with Crippen molar-refractivity contribution in [3.05, 3.63) is 30.5 Å². The molecule has 1 aliphatic rings. The van der Waals surface area contributed by atoms with Crippen LogP contribution in [0.4, 0.5) is 5.82 Å². The highest BCUT2D eigenvalue weighted by atomic mass is 16.4. The highest BCUT2D eigenvalue weighted by Gasteiger charge is 2.31. The molecule has 92 valence electrons. The Balaban J connectivity index is 2.01. The van der Waals surface area contributed by atoms with E-state index in [-0.39, 0.29) is 0 Å². The average Bonchev–Trinajstić information content (AvgIpc) is 2.87. The van der Waals surface area contributed by atoms with E-state index >= 15 is 0 Å². The molecule has 18 heavy (non-hydrogen) atoms. The molecule has 0 bridgehead atoms. The van der Waals surface area contributed by atoms with Gasteiger partial charge in [-0.2, -0.15) is 0 Å². The number of carboxylic acids is 1. The second-order valence-corrected chi connectivity index (χ2v) is 4.41. The number of carbonyl (C=O) groups is 1. The van der Waals surface area contributed by atoms with Gasteiger partial charge >= 0.3 is 5.97 Å². The molecule has 1 aromatic carbocycles. The van der Waals surface area contributed by atoms with Gasteiger partial charge in [0.25, 0.3) is 0 Å². The monoisotopic (exact) mass is 243 g/mol. The molecule has 0 saturated carbocycles. The van der Waals surface area contributed by atoms with Crippen LogP contribution in [0.2, 0.25) is 0 Å². The highest BCUT2D eigenvalue weighted by molar-refractivity contribution is 5.80. The number of hydrogen-bond donors (Lipinski definition) is 1. The lowest BCUT2D eigenvalue weighted by atomic mass is 10.2. The summed E-state index contributed by atoms with van der Waals surface area (Å²) in [5.41, 5.74) is 1.62. The van der Waals surface area contributed by atoms with E-state index in [1.807, 2.05) is 29.2 Å². The summed E-state index contributed by atoms with van der Waals surface area (Å²) in [6.45, 7) is 0.726. The van der Waals surface area contributed by atoms with Gasteiger partial charge in [-0.15, -0.1) is 0 Å². The maximum atomic E-state index is 11.2. The van der Waals surface area contributed by atoms with Crippen molar-refractivity contribution >= 4 is 22.8 Å². The maximum Gasteiger partial charge on any atom is 0.326 e. The lowest BCUT2D eigenvalue weighted by Crippen LogP contribution is -2.36. The van der Waals surface area contributed by atoms with Gasteiger partial charge in [0.2, 0.25) is 0 Å². The summed E-state index contributed by atoms with van der Waals surface area (Å²) in [4.78, 5) is 21.8. The van der Waals surface area contributed by atoms with Gasteiger partial charge in [-0.05, 0) is 25.0 Å². The van der Waals surface area contributed by atoms with Crippen molar-refractivity contribution < 1.29 is 9.90 Å². The van der Waals surface area contributed by atoms with E-state index in [4.69, 9.17) is 5.11 Å². The van der Waals surface area contributed by atoms with E-state index < -0.39 is 12.0 Å². The fraction of sp³-hybridized carbons (Fsp3) is 0.308. The Morgan fingerprint density at radius 2 is 2.11 bits per heavy atom. The van der Waals surface area contributed by atoms with Crippen LogP contribution < -0.4 is 4.90 Å². The standard InChI is InChI=1S/C13H13N3O2/c17-13(18)11-6-3-7-16(11)12-8-14-9-4-1-2-5-10(9)15-12/h1-2,4-5,8,11H,3,6-7H2,(H,17,18). The van der Waals surface area contributed by atoms with Crippen LogP contribution in [0.15, 0.2) is 30.5 Å². The van der Waals surface area contributed by atoms with Crippen molar-refractivity contribution in [1.29, 1.82) is 0 Å². The fourth-order valence-corrected chi connectivity index (χ4v) is 2.38. The van der Waals surface area contributed by atoms with Crippen LogP contribution in [0.25, 0.3) is 11.0 Å². The minimum atomic E-state index is -0.789. The summed E-state index contributed by atoms with van der Waals surface area (Å²) < 4.78 is 0. The Hall–Kier alpha value is -2.17. The van der Waals surface area contributed by atoms with Crippen molar-refractivity contribution in [3.8, 4) is 0 Å². The zero-order valence-electron chi connectivity index (χ0n) is 9.78. The van der Waals surface area contributed by atoms with Crippen LogP contribution in [0.1, 0.15) is 12.8 Å². The first kappa shape index (κ1) is 11.0. The molecule has 1 aromatic heterocycles. The van der Waals surface area contributed by atoms with Gasteiger partial charge in [0, 0.05) is 6.54 Å². The summed E-state index contributed by atoms with van der Waals surface area (Å²) in [6, 6.07) is 7.12. The molecule has 2 aromatic rings. The van der Waals surface area contributed by atoms with E-state index in [0.29, 0.717) is 12.2 Å². The average molecular weight is 243 g/mol. The molecule has 1 aliphatic heterocycles. The summed E-state index contributed by atoms with van der Waals surface area (Å²) >= 11 is 0. The van der Waals surface area contributed by atoms with Crippen molar-refractivity contribution in [2.45, 2.75) is 18.9 Å². The molecule has 1 atom stereocenters. The molecule has 0 aliphatic carbocycles. The van der Waals surface area contributed by atoms with E-state index in [0.717, 1.165) is 24.0 Å². The molecule has 0 radical (unpaired) electrons. The molecule has 0 spiro atoms. The number of carboxylic acid groups (broad SMARTS) is 1. The van der Waals surface area contributed by atoms with Crippen molar-refractivity contribution in [2.75, 3.05) is 11.4 Å². The van der Waals surface area contributed by atoms with E-state index in [9.17, 15) is 4.79 Å². The number of para-hydroxylation sites is 2. The van der Waals surface area contributed by atoms with Crippen LogP contribution in [-0.2, 0) is 4.79 Å². The van der Waals surface area contributed by atoms with Gasteiger partial charge in [-0.1, -0.05) is 12.1 Å². The summed E-state index contributed by atoms with van der Waals surface area (Å²) in [6.07, 6.45) is 3.21. The number of benzene rings is 1. The Kier molecular flexibility index (Phi) is 2.59. The van der Waals surface area contributed by atoms with Crippen LogP contribution in [0.3, 0.4) is 0 Å². The Morgan fingerprint density at radius 1 is 1.33 bits per heavy atom. The number of anilines is 1. The smallest absolute Gasteiger partial charge is 0.326 e. The molecule has 0 amide bonds. The molecule has 1 unspecified atom stereocenters. The third kappa shape index (κ3) is 1.77. The molecule has 5 heteroatoms. The molecule has 3 rings (SSSR count). The number of aromatic nitrogens is 2. The molecule has 2 heterocycles. The number of nitrogens with zero attached hydrogens (tertiary/aromatic N) is 3. The quantitative estimate of drug-likeness (QED) is 0.869. The topological polar surface area (TPSA) is 66.3 Å². The van der Waals surface area contributed by atoms with Gasteiger partial charge in [0.05, 0.1) is 17.2 Å². The largest absolute Gasteiger partial charge is 0.480 e. The highest BCUT2D eigenvalue weighted by Crippen LogP contribution is 2.24. The summed E-state index contributed by atoms with van der Waals surface area (Å²) in [5.74, 6) is -0.138. The number of hydrogen-bond acceptors (Lipinski definition) is 4. The van der Waals surface area contributed by atoms with E-state index in [2.05, 4.69) is 9.97 Å². The molecule has 1 saturated heterocycles. The normalized spacial score (nSPS) is 19.3. The van der Waals surface area contributed by atoms with Crippen LogP contribution in [0, 0.1) is 0 Å². The molecule has 1 N–H and O–H groups in total. The van der Waals surface area contributed by atoms with Gasteiger partial charge in [0.15, 0.2) is 0 Å².